The summed E-state index contributed by atoms with van der Waals surface area (Å²) in [5, 5.41) is 6.81. The zero-order valence-electron chi connectivity index (χ0n) is 13.8. The molecule has 6 heteroatoms. The summed E-state index contributed by atoms with van der Waals surface area (Å²) in [4.78, 5) is 21.6. The summed E-state index contributed by atoms with van der Waals surface area (Å²) in [5.41, 5.74) is 2.86. The zero-order valence-corrected chi connectivity index (χ0v) is 13.8. The van der Waals surface area contributed by atoms with Crippen molar-refractivity contribution in [1.82, 2.24) is 20.6 Å². The van der Waals surface area contributed by atoms with Gasteiger partial charge in [0.05, 0.1) is 18.8 Å². The number of benzene rings is 1. The number of rotatable bonds is 5. The molecule has 0 unspecified atom stereocenters. The summed E-state index contributed by atoms with van der Waals surface area (Å²) < 4.78 is 0. The number of carbonyl (C=O) groups is 1. The lowest BCUT2D eigenvalue weighted by Crippen LogP contribution is -2.34. The van der Waals surface area contributed by atoms with E-state index in [0.717, 1.165) is 28.1 Å². The van der Waals surface area contributed by atoms with Crippen LogP contribution in [0.1, 0.15) is 11.4 Å². The maximum Gasteiger partial charge on any atom is 0.315 e. The third-order valence-electron chi connectivity index (χ3n) is 3.71. The molecule has 3 N–H and O–H groups in total. The molecule has 0 atom stereocenters. The highest BCUT2D eigenvalue weighted by molar-refractivity contribution is 5.80. The predicted molar refractivity (Wildman–Crippen MR) is 95.9 cm³/mol. The number of carbonyl (C=O) groups excluding carboxylic acids is 1. The van der Waals surface area contributed by atoms with E-state index in [1.54, 1.807) is 0 Å². The van der Waals surface area contributed by atoms with Crippen molar-refractivity contribution >= 4 is 22.8 Å². The number of aromatic nitrogens is 2. The number of para-hydroxylation sites is 1. The minimum atomic E-state index is -0.217. The van der Waals surface area contributed by atoms with Crippen molar-refractivity contribution in [3.8, 4) is 0 Å². The van der Waals surface area contributed by atoms with Gasteiger partial charge in [-0.1, -0.05) is 24.3 Å². The Balaban J connectivity index is 1.51. The van der Waals surface area contributed by atoms with Crippen molar-refractivity contribution < 1.29 is 4.79 Å². The average Bonchev–Trinajstić information content (AvgIpc) is 3.01. The summed E-state index contributed by atoms with van der Waals surface area (Å²) >= 11 is 0. The molecule has 3 rings (SSSR count). The van der Waals surface area contributed by atoms with Crippen LogP contribution in [0.25, 0.3) is 10.9 Å². The first-order valence-corrected chi connectivity index (χ1v) is 7.83. The van der Waals surface area contributed by atoms with Gasteiger partial charge >= 0.3 is 6.03 Å². The van der Waals surface area contributed by atoms with E-state index >= 15 is 0 Å². The van der Waals surface area contributed by atoms with Gasteiger partial charge in [-0.15, -0.1) is 0 Å². The van der Waals surface area contributed by atoms with E-state index in [4.69, 9.17) is 0 Å². The summed E-state index contributed by atoms with van der Waals surface area (Å²) in [6.07, 6.45) is 0. The van der Waals surface area contributed by atoms with E-state index in [-0.39, 0.29) is 6.03 Å². The molecule has 0 aliphatic heterocycles. The number of anilines is 1. The second kappa shape index (κ2) is 7.04. The molecular formula is C18H21N5O. The molecule has 0 spiro atoms. The van der Waals surface area contributed by atoms with E-state index in [0.29, 0.717) is 13.1 Å². The number of hydrogen-bond acceptors (Lipinski definition) is 3. The Kier molecular flexibility index (Phi) is 4.65. The van der Waals surface area contributed by atoms with Gasteiger partial charge < -0.3 is 20.5 Å². The van der Waals surface area contributed by atoms with E-state index in [1.807, 2.05) is 67.5 Å². The fraction of sp³-hybridized carbons (Fsp3) is 0.222. The van der Waals surface area contributed by atoms with Crippen LogP contribution in [0, 0.1) is 0 Å². The van der Waals surface area contributed by atoms with E-state index in [9.17, 15) is 4.79 Å². The predicted octanol–water partition coefficient (Wildman–Crippen LogP) is 2.63. The Morgan fingerprint density at radius 2 is 1.88 bits per heavy atom. The number of nitrogens with zero attached hydrogens (tertiary/aromatic N) is 2. The average molecular weight is 323 g/mol. The second-order valence-corrected chi connectivity index (χ2v) is 5.80. The van der Waals surface area contributed by atoms with Crippen LogP contribution < -0.4 is 15.5 Å². The number of pyridine rings is 1. The SMILES string of the molecule is CN(C)c1cccc(CNC(=O)NCc2cc3ccccc3[nH]2)n1. The highest BCUT2D eigenvalue weighted by Crippen LogP contribution is 2.14. The molecule has 24 heavy (non-hydrogen) atoms. The highest BCUT2D eigenvalue weighted by Gasteiger charge is 2.05. The normalized spacial score (nSPS) is 10.6. The highest BCUT2D eigenvalue weighted by atomic mass is 16.2. The van der Waals surface area contributed by atoms with Gasteiger partial charge in [0, 0.05) is 25.3 Å². The van der Waals surface area contributed by atoms with Crippen LogP contribution in [0.3, 0.4) is 0 Å². The van der Waals surface area contributed by atoms with Crippen LogP contribution in [0.4, 0.5) is 10.6 Å². The molecule has 0 saturated heterocycles. The molecule has 2 amide bonds. The molecule has 1 aromatic carbocycles. The summed E-state index contributed by atoms with van der Waals surface area (Å²) in [7, 11) is 3.87. The number of amides is 2. The fourth-order valence-electron chi connectivity index (χ4n) is 2.45. The van der Waals surface area contributed by atoms with Gasteiger partial charge in [-0.25, -0.2) is 9.78 Å². The van der Waals surface area contributed by atoms with Crippen molar-refractivity contribution in [3.63, 3.8) is 0 Å². The van der Waals surface area contributed by atoms with Gasteiger partial charge in [0.15, 0.2) is 0 Å². The lowest BCUT2D eigenvalue weighted by molar-refractivity contribution is 0.240. The molecule has 2 heterocycles. The number of hydrogen-bond donors (Lipinski definition) is 3. The summed E-state index contributed by atoms with van der Waals surface area (Å²) in [6.45, 7) is 0.839. The maximum absolute atomic E-state index is 11.9. The van der Waals surface area contributed by atoms with Crippen molar-refractivity contribution in [1.29, 1.82) is 0 Å². The number of aromatic amines is 1. The van der Waals surface area contributed by atoms with Crippen LogP contribution in [-0.4, -0.2) is 30.1 Å². The number of nitrogens with one attached hydrogen (secondary N) is 3. The zero-order chi connectivity index (χ0) is 16.9. The molecule has 3 aromatic rings. The van der Waals surface area contributed by atoms with E-state index in [2.05, 4.69) is 20.6 Å². The molecule has 0 aliphatic rings. The fourth-order valence-corrected chi connectivity index (χ4v) is 2.45. The van der Waals surface area contributed by atoms with Gasteiger partial charge in [0.2, 0.25) is 0 Å². The van der Waals surface area contributed by atoms with Crippen LogP contribution in [0.5, 0.6) is 0 Å². The minimum absolute atomic E-state index is 0.217. The first-order chi connectivity index (χ1) is 11.6. The number of urea groups is 1. The molecule has 2 aromatic heterocycles. The maximum atomic E-state index is 11.9. The standard InChI is InChI=1S/C18H21N5O/c1-23(2)17-9-5-7-14(22-17)11-19-18(24)20-12-15-10-13-6-3-4-8-16(13)21-15/h3-10,21H,11-12H2,1-2H3,(H2,19,20,24). The van der Waals surface area contributed by atoms with Gasteiger partial charge in [-0.3, -0.25) is 0 Å². The Morgan fingerprint density at radius 1 is 1.08 bits per heavy atom. The van der Waals surface area contributed by atoms with Crippen LogP contribution >= 0.6 is 0 Å². The van der Waals surface area contributed by atoms with Gasteiger partial charge in [0.1, 0.15) is 5.82 Å². The summed E-state index contributed by atoms with van der Waals surface area (Å²) in [5.74, 6) is 0.868. The molecule has 0 bridgehead atoms. The third-order valence-corrected chi connectivity index (χ3v) is 3.71. The minimum Gasteiger partial charge on any atom is -0.363 e. The molecule has 0 saturated carbocycles. The Morgan fingerprint density at radius 3 is 2.67 bits per heavy atom. The smallest absolute Gasteiger partial charge is 0.315 e. The van der Waals surface area contributed by atoms with Crippen molar-refractivity contribution in [2.24, 2.45) is 0 Å². The second-order valence-electron chi connectivity index (χ2n) is 5.80. The number of H-pyrrole nitrogens is 1. The Bertz CT molecular complexity index is 807. The third kappa shape index (κ3) is 3.84. The largest absolute Gasteiger partial charge is 0.363 e. The van der Waals surface area contributed by atoms with Crippen LogP contribution in [0.2, 0.25) is 0 Å². The number of fused-ring (bicyclic) bond motifs is 1. The molecule has 6 nitrogen and oxygen atoms in total. The lowest BCUT2D eigenvalue weighted by atomic mass is 10.2. The Hall–Kier alpha value is -3.02. The molecule has 0 radical (unpaired) electrons. The monoisotopic (exact) mass is 323 g/mol. The van der Waals surface area contributed by atoms with Crippen molar-refractivity contribution in [2.75, 3.05) is 19.0 Å². The molecule has 0 aliphatic carbocycles. The first-order valence-electron chi connectivity index (χ1n) is 7.83. The first kappa shape index (κ1) is 15.9. The van der Waals surface area contributed by atoms with Crippen molar-refractivity contribution in [3.05, 3.63) is 59.9 Å². The Labute approximate surface area is 140 Å². The van der Waals surface area contributed by atoms with Gasteiger partial charge in [0.25, 0.3) is 0 Å². The molecule has 0 fully saturated rings. The van der Waals surface area contributed by atoms with Crippen LogP contribution in [-0.2, 0) is 13.1 Å². The van der Waals surface area contributed by atoms with Gasteiger partial charge in [-0.05, 0) is 29.7 Å². The molecule has 124 valence electrons. The molecular weight excluding hydrogens is 302 g/mol. The van der Waals surface area contributed by atoms with Crippen molar-refractivity contribution in [2.45, 2.75) is 13.1 Å². The topological polar surface area (TPSA) is 73.1 Å². The van der Waals surface area contributed by atoms with E-state index < -0.39 is 0 Å². The summed E-state index contributed by atoms with van der Waals surface area (Å²) in [6, 6.07) is 15.6. The quantitative estimate of drug-likeness (QED) is 0.676. The van der Waals surface area contributed by atoms with Gasteiger partial charge in [-0.2, -0.15) is 0 Å². The van der Waals surface area contributed by atoms with Crippen LogP contribution in [0.15, 0.2) is 48.5 Å². The van der Waals surface area contributed by atoms with E-state index in [1.165, 1.54) is 0 Å². The lowest BCUT2D eigenvalue weighted by Gasteiger charge is -2.12.